The predicted molar refractivity (Wildman–Crippen MR) is 78.4 cm³/mol. The summed E-state index contributed by atoms with van der Waals surface area (Å²) in [7, 11) is 7.01. The molecule has 90 valence electrons. The predicted octanol–water partition coefficient (Wildman–Crippen LogP) is 3.96. The van der Waals surface area contributed by atoms with Crippen LogP contribution in [0.1, 0.15) is 12.8 Å². The Morgan fingerprint density at radius 1 is 1.06 bits per heavy atom. The van der Waals surface area contributed by atoms with Crippen molar-refractivity contribution in [2.45, 2.75) is 17.5 Å². The van der Waals surface area contributed by atoms with Gasteiger partial charge in [-0.2, -0.15) is 0 Å². The summed E-state index contributed by atoms with van der Waals surface area (Å²) in [5.74, 6) is 0. The van der Waals surface area contributed by atoms with Crippen LogP contribution in [0.2, 0.25) is 4.63 Å². The first kappa shape index (κ1) is 16.9. The molecule has 0 saturated heterocycles. The standard InChI is InChI=1S/2C5H5.CH3.3ClH.H2Si.Zr/c2*1-2-4-5-3-1;;;;;;/h2*1-3H,4H2;1H3;3*1H;1H2;/q;;;;;;;+1/p-1. The molecule has 0 aromatic heterocycles. The van der Waals surface area contributed by atoms with Crippen molar-refractivity contribution >= 4 is 40.2 Å². The number of halogens is 3. The van der Waals surface area contributed by atoms with Crippen molar-refractivity contribution < 1.29 is 16.2 Å². The molecule has 5 heteroatoms. The summed E-state index contributed by atoms with van der Waals surface area (Å²) in [5.41, 5.74) is 0. The van der Waals surface area contributed by atoms with E-state index >= 15 is 0 Å². The quantitative estimate of drug-likeness (QED) is 0.642. The van der Waals surface area contributed by atoms with Crippen molar-refractivity contribution in [2.75, 3.05) is 0 Å². The first-order valence-corrected chi connectivity index (χ1v) is 19.0. The number of hydrogen-bond donors (Lipinski definition) is 0. The van der Waals surface area contributed by atoms with Gasteiger partial charge in [-0.1, -0.05) is 0 Å². The minimum atomic E-state index is -3.15. The van der Waals surface area contributed by atoms with Gasteiger partial charge in [0, 0.05) is 0 Å². The molecule has 2 rings (SSSR count). The zero-order valence-electron chi connectivity index (χ0n) is 9.28. The van der Waals surface area contributed by atoms with E-state index in [4.69, 9.17) is 8.51 Å². The maximum atomic E-state index is 7.01. The normalized spacial score (nSPS) is 18.7. The first-order valence-electron chi connectivity index (χ1n) is 4.98. The van der Waals surface area contributed by atoms with Crippen LogP contribution < -0.4 is 0 Å². The Hall–Kier alpha value is 0.930. The molecule has 0 N–H and O–H groups in total. The number of allylic oxidation sites excluding steroid dienone is 8. The van der Waals surface area contributed by atoms with Crippen LogP contribution in [0.25, 0.3) is 0 Å². The van der Waals surface area contributed by atoms with E-state index in [1.165, 1.54) is 6.56 Å². The van der Waals surface area contributed by atoms with E-state index < -0.39 is 16.2 Å². The minimum absolute atomic E-state index is 0. The van der Waals surface area contributed by atoms with Crippen LogP contribution in [-0.4, -0.2) is 6.88 Å². The van der Waals surface area contributed by atoms with Crippen molar-refractivity contribution in [1.82, 2.24) is 0 Å². The maximum absolute atomic E-state index is 7.01. The van der Waals surface area contributed by atoms with Crippen molar-refractivity contribution in [3.63, 3.8) is 0 Å². The van der Waals surface area contributed by atoms with Gasteiger partial charge in [0.25, 0.3) is 0 Å². The molecular weight excluding hydrogens is 358 g/mol. The van der Waals surface area contributed by atoms with Crippen LogP contribution in [-0.2, 0) is 16.2 Å². The van der Waals surface area contributed by atoms with Gasteiger partial charge < -0.3 is 0 Å². The van der Waals surface area contributed by atoms with Crippen LogP contribution >= 0.6 is 33.3 Å². The third-order valence-corrected chi connectivity index (χ3v) is 21.4. The molecule has 0 fully saturated rings. The molecule has 0 aliphatic heterocycles. The molecule has 0 unspecified atom stereocenters. The molecule has 0 heterocycles. The third-order valence-electron chi connectivity index (χ3n) is 3.20. The van der Waals surface area contributed by atoms with Crippen LogP contribution in [0.5, 0.6) is 0 Å². The van der Waals surface area contributed by atoms with Gasteiger partial charge in [-0.15, -0.1) is 24.8 Å². The van der Waals surface area contributed by atoms with Crippen molar-refractivity contribution in [2.24, 2.45) is 0 Å². The van der Waals surface area contributed by atoms with Crippen molar-refractivity contribution in [1.29, 1.82) is 0 Å². The van der Waals surface area contributed by atoms with E-state index in [9.17, 15) is 0 Å². The Morgan fingerprint density at radius 2 is 1.44 bits per heavy atom. The Morgan fingerprint density at radius 3 is 1.69 bits per heavy atom. The second-order valence-corrected chi connectivity index (χ2v) is 35.9. The van der Waals surface area contributed by atoms with E-state index in [2.05, 4.69) is 48.0 Å². The fourth-order valence-corrected chi connectivity index (χ4v) is 13.6. The fraction of sp³-hybridized carbons (Fsp3) is 0.273. The van der Waals surface area contributed by atoms with E-state index in [-0.39, 0.29) is 24.8 Å². The zero-order chi connectivity index (χ0) is 10.3. The zero-order valence-corrected chi connectivity index (χ0v) is 15.5. The van der Waals surface area contributed by atoms with Gasteiger partial charge in [0.2, 0.25) is 0 Å². The Balaban J connectivity index is 0.00000112. The fourth-order valence-electron chi connectivity index (χ4n) is 2.06. The second-order valence-electron chi connectivity index (χ2n) is 4.49. The Kier molecular flexibility index (Phi) is 6.05. The Bertz CT molecular complexity index is 416. The molecule has 0 saturated carbocycles. The first-order chi connectivity index (χ1) is 6.49. The summed E-state index contributed by atoms with van der Waals surface area (Å²) in [6.07, 6.45) is 15.3. The SMILES string of the molecule is Cl.Cl.[CH3][Zr](=[SiH2])([Cl])([C]1=CC=CC1)[C]1=CC=CC1. The van der Waals surface area contributed by atoms with Gasteiger partial charge in [0.15, 0.2) is 0 Å². The molecule has 0 spiro atoms. The van der Waals surface area contributed by atoms with Gasteiger partial charge in [0.1, 0.15) is 0 Å². The summed E-state index contributed by atoms with van der Waals surface area (Å²) in [4.78, 5) is 0. The molecule has 0 atom stereocenters. The number of rotatable bonds is 2. The van der Waals surface area contributed by atoms with E-state index in [0.717, 1.165) is 12.8 Å². The molecule has 0 amide bonds. The van der Waals surface area contributed by atoms with Crippen LogP contribution in [0.3, 0.4) is 0 Å². The summed E-state index contributed by atoms with van der Waals surface area (Å²) < 4.78 is 5.36. The number of hydrogen-bond acceptors (Lipinski definition) is 0. The monoisotopic (exact) mass is 372 g/mol. The molecule has 0 aromatic carbocycles. The molecule has 0 radical (unpaired) electrons. The van der Waals surface area contributed by atoms with Crippen LogP contribution in [0.4, 0.5) is 0 Å². The second kappa shape index (κ2) is 5.71. The average molecular weight is 375 g/mol. The Labute approximate surface area is 116 Å². The van der Waals surface area contributed by atoms with Gasteiger partial charge in [0.05, 0.1) is 0 Å². The molecule has 0 bridgehead atoms. The van der Waals surface area contributed by atoms with Crippen molar-refractivity contribution in [3.8, 4) is 0 Å². The molecule has 0 aromatic rings. The van der Waals surface area contributed by atoms with E-state index in [0.29, 0.717) is 0 Å². The van der Waals surface area contributed by atoms with Gasteiger partial charge in [-0.25, -0.2) is 0 Å². The third kappa shape index (κ3) is 3.03. The molecule has 16 heavy (non-hydrogen) atoms. The summed E-state index contributed by atoms with van der Waals surface area (Å²) in [6.45, 7) is 2.09. The van der Waals surface area contributed by atoms with E-state index in [1.54, 1.807) is 0 Å². The molecule has 2 aliphatic rings. The molecular formula is C11H17Cl3SiZr. The van der Waals surface area contributed by atoms with Gasteiger partial charge in [-0.05, 0) is 0 Å². The van der Waals surface area contributed by atoms with Crippen molar-refractivity contribution in [3.05, 3.63) is 43.0 Å². The van der Waals surface area contributed by atoms with Crippen LogP contribution in [0.15, 0.2) is 43.0 Å². The molecule has 0 nitrogen and oxygen atoms in total. The average Bonchev–Trinajstić information content (AvgIpc) is 2.78. The summed E-state index contributed by atoms with van der Waals surface area (Å²) in [6, 6.07) is 0. The molecule has 2 aliphatic carbocycles. The summed E-state index contributed by atoms with van der Waals surface area (Å²) >= 11 is -3.15. The van der Waals surface area contributed by atoms with Gasteiger partial charge in [-0.3, -0.25) is 0 Å². The summed E-state index contributed by atoms with van der Waals surface area (Å²) in [5, 5.41) is 0. The topological polar surface area (TPSA) is 0 Å². The van der Waals surface area contributed by atoms with Gasteiger partial charge >= 0.3 is 92.1 Å². The van der Waals surface area contributed by atoms with Crippen LogP contribution in [0, 0.1) is 0 Å². The van der Waals surface area contributed by atoms with E-state index in [1.807, 2.05) is 0 Å².